The van der Waals surface area contributed by atoms with Crippen LogP contribution in [0.3, 0.4) is 0 Å². The average Bonchev–Trinajstić information content (AvgIpc) is 3.78. The van der Waals surface area contributed by atoms with Gasteiger partial charge in [-0.05, 0) is 66.8 Å². The number of allylic oxidation sites excluding steroid dienone is 2. The molecule has 3 fully saturated rings. The third-order valence-electron chi connectivity index (χ3n) is 11.0. The molecule has 4 heterocycles. The number of hydrogen-bond donors (Lipinski definition) is 1. The maximum absolute atomic E-state index is 15.2. The van der Waals surface area contributed by atoms with Gasteiger partial charge in [-0.2, -0.15) is 18.2 Å². The molecule has 10 nitrogen and oxygen atoms in total. The number of fused-ring (bicyclic) bond motifs is 4. The molecule has 4 aromatic rings. The first-order valence-electron chi connectivity index (χ1n) is 16.7. The molecule has 53 heavy (non-hydrogen) atoms. The van der Waals surface area contributed by atoms with E-state index in [9.17, 15) is 32.7 Å². The summed E-state index contributed by atoms with van der Waals surface area (Å²) >= 11 is 12.6. The zero-order valence-corrected chi connectivity index (χ0v) is 29.3. The minimum absolute atomic E-state index is 0.0211. The lowest BCUT2D eigenvalue weighted by molar-refractivity contribution is -0.141. The molecule has 4 amide bonds. The Labute approximate surface area is 310 Å². The molecule has 272 valence electrons. The van der Waals surface area contributed by atoms with Crippen LogP contribution in [0.1, 0.15) is 41.5 Å². The van der Waals surface area contributed by atoms with Crippen molar-refractivity contribution in [3.8, 4) is 0 Å². The van der Waals surface area contributed by atoms with Crippen molar-refractivity contribution in [3.05, 3.63) is 123 Å². The number of aromatic nitrogens is 1. The van der Waals surface area contributed by atoms with E-state index in [-0.39, 0.29) is 35.1 Å². The summed E-state index contributed by atoms with van der Waals surface area (Å²) in [5.41, 5.74) is -1.46. The van der Waals surface area contributed by atoms with E-state index in [0.717, 1.165) is 21.0 Å². The highest BCUT2D eigenvalue weighted by Gasteiger charge is 2.71. The van der Waals surface area contributed by atoms with Crippen LogP contribution in [0.4, 0.5) is 24.7 Å². The van der Waals surface area contributed by atoms with Crippen molar-refractivity contribution in [2.45, 2.75) is 37.0 Å². The maximum atomic E-state index is 15.2. The molecule has 0 radical (unpaired) electrons. The summed E-state index contributed by atoms with van der Waals surface area (Å²) in [6.45, 7) is -0.441. The Morgan fingerprint density at radius 2 is 1.70 bits per heavy atom. The number of anilines is 2. The van der Waals surface area contributed by atoms with Crippen LogP contribution in [-0.2, 0) is 37.4 Å². The van der Waals surface area contributed by atoms with Crippen LogP contribution in [0.15, 0.2) is 94.9 Å². The lowest BCUT2D eigenvalue weighted by atomic mass is 9.50. The zero-order chi connectivity index (χ0) is 37.6. The molecule has 4 aliphatic rings. The Balaban J connectivity index is 1.28. The molecule has 0 unspecified atom stereocenters. The molecule has 1 N–H and O–H groups in total. The number of amides is 4. The lowest BCUT2D eigenvalue weighted by Crippen LogP contribution is -2.53. The number of carbonyl (C=O) groups is 4. The fraction of sp³-hybridized carbons (Fsp3) is 0.289. The summed E-state index contributed by atoms with van der Waals surface area (Å²) < 4.78 is 47.1. The largest absolute Gasteiger partial charge is 0.463 e. The van der Waals surface area contributed by atoms with Gasteiger partial charge in [0, 0.05) is 12.1 Å². The van der Waals surface area contributed by atoms with Gasteiger partial charge in [0.2, 0.25) is 11.8 Å². The van der Waals surface area contributed by atoms with Crippen molar-refractivity contribution in [2.75, 3.05) is 17.0 Å². The second-order valence-electron chi connectivity index (χ2n) is 13.6. The summed E-state index contributed by atoms with van der Waals surface area (Å²) in [7, 11) is 1.24. The molecular weight excluding hydrogens is 736 g/mol. The number of pyridine rings is 1. The first-order valence-corrected chi connectivity index (χ1v) is 17.5. The number of nitrogens with zero attached hydrogens (tertiary/aromatic N) is 4. The van der Waals surface area contributed by atoms with Gasteiger partial charge in [-0.25, -0.2) is 9.88 Å². The van der Waals surface area contributed by atoms with Gasteiger partial charge < -0.3 is 9.52 Å². The number of furan rings is 1. The van der Waals surface area contributed by atoms with Crippen LogP contribution in [0.2, 0.25) is 10.0 Å². The van der Waals surface area contributed by atoms with Gasteiger partial charge in [-0.15, -0.1) is 0 Å². The number of benzene rings is 2. The normalized spacial score (nSPS) is 26.8. The average molecular weight is 766 g/mol. The van der Waals surface area contributed by atoms with Crippen LogP contribution in [0.5, 0.6) is 0 Å². The van der Waals surface area contributed by atoms with Gasteiger partial charge in [0.15, 0.2) is 5.82 Å². The number of aliphatic hydroxyl groups excluding tert-OH is 1. The Hall–Kier alpha value is -4.98. The van der Waals surface area contributed by atoms with E-state index in [0.29, 0.717) is 22.2 Å². The van der Waals surface area contributed by atoms with Crippen LogP contribution in [0.25, 0.3) is 0 Å². The molecule has 1 saturated carbocycles. The van der Waals surface area contributed by atoms with E-state index >= 15 is 4.79 Å². The van der Waals surface area contributed by atoms with E-state index in [1.807, 2.05) is 6.08 Å². The third kappa shape index (κ3) is 5.15. The molecule has 8 rings (SSSR count). The topological polar surface area (TPSA) is 124 Å². The first kappa shape index (κ1) is 35.1. The summed E-state index contributed by atoms with van der Waals surface area (Å²) in [6.07, 6.45) is -2.98. The van der Waals surface area contributed by atoms with E-state index in [4.69, 9.17) is 27.6 Å². The molecule has 0 spiro atoms. The Kier molecular flexibility index (Phi) is 8.32. The second kappa shape index (κ2) is 12.6. The van der Waals surface area contributed by atoms with E-state index in [1.165, 1.54) is 13.1 Å². The van der Waals surface area contributed by atoms with Gasteiger partial charge in [-0.3, -0.25) is 24.2 Å². The predicted molar refractivity (Wildman–Crippen MR) is 185 cm³/mol. The zero-order valence-electron chi connectivity index (χ0n) is 27.8. The third-order valence-corrected chi connectivity index (χ3v) is 11.5. The number of aliphatic hydroxyl groups is 1. The van der Waals surface area contributed by atoms with Crippen molar-refractivity contribution in [2.24, 2.45) is 23.7 Å². The quantitative estimate of drug-likeness (QED) is 0.170. The minimum atomic E-state index is -4.82. The highest BCUT2D eigenvalue weighted by atomic mass is 35.5. The fourth-order valence-corrected chi connectivity index (χ4v) is 9.29. The highest BCUT2D eigenvalue weighted by molar-refractivity contribution is 6.33. The molecule has 2 aromatic heterocycles. The molecule has 0 bridgehead atoms. The molecular formula is C38H29Cl2F3N4O6. The summed E-state index contributed by atoms with van der Waals surface area (Å²) in [5.74, 6) is -7.21. The Bertz CT molecular complexity index is 2230. The van der Waals surface area contributed by atoms with Gasteiger partial charge in [0.05, 0.1) is 34.4 Å². The monoisotopic (exact) mass is 764 g/mol. The van der Waals surface area contributed by atoms with Crippen molar-refractivity contribution in [1.29, 1.82) is 0 Å². The molecule has 2 aromatic carbocycles. The summed E-state index contributed by atoms with van der Waals surface area (Å²) in [6, 6.07) is 20.1. The molecule has 2 aliphatic carbocycles. The Morgan fingerprint density at radius 3 is 2.38 bits per heavy atom. The molecule has 6 atom stereocenters. The van der Waals surface area contributed by atoms with Crippen molar-refractivity contribution < 1.29 is 41.9 Å². The van der Waals surface area contributed by atoms with Crippen molar-refractivity contribution >= 4 is 58.3 Å². The minimum Gasteiger partial charge on any atom is -0.463 e. The number of hydrogen-bond acceptors (Lipinski definition) is 8. The number of hydrazine groups is 1. The number of rotatable bonds is 6. The summed E-state index contributed by atoms with van der Waals surface area (Å²) in [4.78, 5) is 63.4. The molecule has 15 heteroatoms. The van der Waals surface area contributed by atoms with Crippen molar-refractivity contribution in [1.82, 2.24) is 9.99 Å². The van der Waals surface area contributed by atoms with E-state index in [1.54, 1.807) is 60.7 Å². The smallest absolute Gasteiger partial charge is 0.433 e. The standard InChI is InChI=1S/C38H29Cl2F3N4O6/c1-45(32-27(40)13-15-29(44-32)38(41,42)43)47-33(49)24-12-11-23-25(30(24)35(47)51)17-26-34(50)46(21-9-5-8-20(39)16-21)36(52)37(26,19-6-3-2-4-7-19)31(23)28-14-10-22(18-48)53-28/h2-11,13-16,24-26,30-31,48H,12,17-18H2,1H3/t24-,25+,26-,30-,31+,37+/m0/s1. The van der Waals surface area contributed by atoms with E-state index in [2.05, 4.69) is 4.98 Å². The highest BCUT2D eigenvalue weighted by Crippen LogP contribution is 2.64. The van der Waals surface area contributed by atoms with Crippen LogP contribution >= 0.6 is 23.2 Å². The van der Waals surface area contributed by atoms with Crippen LogP contribution < -0.4 is 9.91 Å². The second-order valence-corrected chi connectivity index (χ2v) is 14.4. The summed E-state index contributed by atoms with van der Waals surface area (Å²) in [5, 5.41) is 11.8. The van der Waals surface area contributed by atoms with Gasteiger partial charge in [0.25, 0.3) is 11.8 Å². The number of carbonyl (C=O) groups excluding carboxylic acids is 4. The van der Waals surface area contributed by atoms with Crippen LogP contribution in [-0.4, -0.2) is 45.8 Å². The van der Waals surface area contributed by atoms with Crippen molar-refractivity contribution in [3.63, 3.8) is 0 Å². The maximum Gasteiger partial charge on any atom is 0.433 e. The number of alkyl halides is 3. The first-order chi connectivity index (χ1) is 25.3. The molecule has 2 aliphatic heterocycles. The molecule has 2 saturated heterocycles. The van der Waals surface area contributed by atoms with Gasteiger partial charge >= 0.3 is 6.18 Å². The Morgan fingerprint density at radius 1 is 0.943 bits per heavy atom. The lowest BCUT2D eigenvalue weighted by Gasteiger charge is -2.49. The fourth-order valence-electron chi connectivity index (χ4n) is 8.88. The predicted octanol–water partition coefficient (Wildman–Crippen LogP) is 6.71. The number of halogens is 5. The van der Waals surface area contributed by atoms with Crippen LogP contribution in [0, 0.1) is 23.7 Å². The SMILES string of the molecule is CN(c1nc(C(F)(F)F)ccc1Cl)N1C(=O)[C@H]2[C@H](CC=C3[C@H]2C[C@H]2C(=O)N(c4cccc(Cl)c4)C(=O)[C@@]2(c2ccccc2)[C@H]3c2ccc(CO)o2)C1=O. The van der Waals surface area contributed by atoms with Gasteiger partial charge in [0.1, 0.15) is 29.2 Å². The van der Waals surface area contributed by atoms with Gasteiger partial charge in [-0.1, -0.05) is 71.2 Å². The number of imide groups is 2. The van der Waals surface area contributed by atoms with E-state index < -0.39 is 82.9 Å².